The van der Waals surface area contributed by atoms with Gasteiger partial charge in [-0.15, -0.1) is 6.42 Å². The van der Waals surface area contributed by atoms with Crippen LogP contribution in [0.4, 0.5) is 5.69 Å². The normalized spacial score (nSPS) is 17.4. The first-order valence-electron chi connectivity index (χ1n) is 6.71. The lowest BCUT2D eigenvalue weighted by Gasteiger charge is -2.32. The minimum Gasteiger partial charge on any atom is -0.388 e. The number of aromatic nitrogens is 2. The van der Waals surface area contributed by atoms with Gasteiger partial charge >= 0.3 is 0 Å². The fourth-order valence-electron chi connectivity index (χ4n) is 2.43. The quantitative estimate of drug-likeness (QED) is 0.820. The monoisotopic (exact) mass is 339 g/mol. The van der Waals surface area contributed by atoms with Gasteiger partial charge in [0, 0.05) is 6.54 Å². The van der Waals surface area contributed by atoms with E-state index in [2.05, 4.69) is 32.3 Å². The van der Waals surface area contributed by atoms with E-state index < -0.39 is 5.60 Å². The van der Waals surface area contributed by atoms with E-state index in [9.17, 15) is 9.90 Å². The zero-order valence-corrected chi connectivity index (χ0v) is 12.8. The Morgan fingerprint density at radius 2 is 2.20 bits per heavy atom. The Labute approximate surface area is 126 Å². The molecule has 0 amide bonds. The Bertz CT molecular complexity index is 571. The topological polar surface area (TPSA) is 67.2 Å². The number of hydrogen-bond acceptors (Lipinski definition) is 4. The molecule has 2 rings (SSSR count). The molecule has 0 atom stereocenters. The average molecular weight is 340 g/mol. The van der Waals surface area contributed by atoms with E-state index in [0.717, 1.165) is 25.7 Å². The van der Waals surface area contributed by atoms with Gasteiger partial charge in [-0.3, -0.25) is 4.79 Å². The molecular weight excluding hydrogens is 322 g/mol. The van der Waals surface area contributed by atoms with Crippen LogP contribution in [0, 0.1) is 12.3 Å². The van der Waals surface area contributed by atoms with Crippen LogP contribution in [0.2, 0.25) is 0 Å². The summed E-state index contributed by atoms with van der Waals surface area (Å²) < 4.78 is 1.60. The molecule has 5 nitrogen and oxygen atoms in total. The molecule has 0 bridgehead atoms. The van der Waals surface area contributed by atoms with Crippen molar-refractivity contribution < 1.29 is 5.11 Å². The minimum atomic E-state index is -0.689. The number of halogens is 1. The first-order valence-corrected chi connectivity index (χ1v) is 7.50. The first kappa shape index (κ1) is 15.1. The summed E-state index contributed by atoms with van der Waals surface area (Å²) in [5.41, 5.74) is -0.378. The number of nitrogens with one attached hydrogen (secondary N) is 1. The lowest BCUT2D eigenvalue weighted by molar-refractivity contribution is 0.0167. The van der Waals surface area contributed by atoms with E-state index in [1.165, 1.54) is 11.1 Å². The lowest BCUT2D eigenvalue weighted by Crippen LogP contribution is -2.39. The Morgan fingerprint density at radius 1 is 1.50 bits per heavy atom. The molecule has 0 radical (unpaired) electrons. The van der Waals surface area contributed by atoms with Crippen LogP contribution in [0.15, 0.2) is 15.5 Å². The lowest BCUT2D eigenvalue weighted by atomic mass is 9.85. The largest absolute Gasteiger partial charge is 0.388 e. The predicted octanol–water partition coefficient (Wildman–Crippen LogP) is 1.75. The van der Waals surface area contributed by atoms with Gasteiger partial charge in [0.05, 0.1) is 17.5 Å². The molecule has 0 saturated heterocycles. The molecule has 20 heavy (non-hydrogen) atoms. The molecule has 0 aromatic carbocycles. The highest BCUT2D eigenvalue weighted by atomic mass is 79.9. The van der Waals surface area contributed by atoms with Crippen LogP contribution in [-0.2, 0) is 6.54 Å². The maximum absolute atomic E-state index is 12.0. The van der Waals surface area contributed by atoms with Crippen molar-refractivity contribution in [1.29, 1.82) is 0 Å². The average Bonchev–Trinajstić information content (AvgIpc) is 2.44. The first-order chi connectivity index (χ1) is 9.56. The van der Waals surface area contributed by atoms with E-state index in [4.69, 9.17) is 6.42 Å². The van der Waals surface area contributed by atoms with E-state index in [1.807, 2.05) is 0 Å². The van der Waals surface area contributed by atoms with Crippen molar-refractivity contribution in [1.82, 2.24) is 9.78 Å². The van der Waals surface area contributed by atoms with Crippen molar-refractivity contribution in [3.8, 4) is 12.3 Å². The number of nitrogens with zero attached hydrogens (tertiary/aromatic N) is 2. The second-order valence-corrected chi connectivity index (χ2v) is 5.97. The van der Waals surface area contributed by atoms with Crippen LogP contribution in [0.25, 0.3) is 0 Å². The van der Waals surface area contributed by atoms with E-state index in [1.54, 1.807) is 6.20 Å². The minimum absolute atomic E-state index is 0.141. The molecular formula is C14H18BrN3O2. The molecule has 108 valence electrons. The Morgan fingerprint density at radius 3 is 2.85 bits per heavy atom. The predicted molar refractivity (Wildman–Crippen MR) is 81.6 cm³/mol. The number of rotatable bonds is 4. The fourth-order valence-corrected chi connectivity index (χ4v) is 2.88. The van der Waals surface area contributed by atoms with Crippen LogP contribution >= 0.6 is 15.9 Å². The van der Waals surface area contributed by atoms with Gasteiger partial charge in [0.15, 0.2) is 0 Å². The third-order valence-electron chi connectivity index (χ3n) is 3.62. The van der Waals surface area contributed by atoms with Gasteiger partial charge in [-0.05, 0) is 28.8 Å². The van der Waals surface area contributed by atoms with Crippen LogP contribution < -0.4 is 10.9 Å². The van der Waals surface area contributed by atoms with Crippen LogP contribution in [-0.4, -0.2) is 27.0 Å². The van der Waals surface area contributed by atoms with Crippen molar-refractivity contribution >= 4 is 21.6 Å². The molecule has 1 aromatic rings. The molecule has 0 spiro atoms. The molecule has 0 unspecified atom stereocenters. The highest BCUT2D eigenvalue weighted by molar-refractivity contribution is 9.10. The van der Waals surface area contributed by atoms with Crippen molar-refractivity contribution in [2.45, 2.75) is 44.2 Å². The number of hydrogen-bond donors (Lipinski definition) is 2. The summed E-state index contributed by atoms with van der Waals surface area (Å²) in [4.78, 5) is 12.0. The zero-order valence-electron chi connectivity index (χ0n) is 11.2. The fraction of sp³-hybridized carbons (Fsp3) is 0.571. The highest BCUT2D eigenvalue weighted by Gasteiger charge is 2.29. The second kappa shape index (κ2) is 6.42. The number of aliphatic hydroxyl groups is 1. The van der Waals surface area contributed by atoms with Gasteiger partial charge in [-0.25, -0.2) is 4.68 Å². The molecule has 1 heterocycles. The summed E-state index contributed by atoms with van der Waals surface area (Å²) in [5, 5.41) is 17.5. The molecule has 1 aliphatic rings. The summed E-state index contributed by atoms with van der Waals surface area (Å²) in [7, 11) is 0. The zero-order chi connectivity index (χ0) is 14.6. The van der Waals surface area contributed by atoms with Crippen LogP contribution in [0.5, 0.6) is 0 Å². The number of anilines is 1. The summed E-state index contributed by atoms with van der Waals surface area (Å²) in [6, 6.07) is 0. The Kier molecular flexibility index (Phi) is 4.84. The Balaban J connectivity index is 2.09. The summed E-state index contributed by atoms with van der Waals surface area (Å²) in [6.45, 7) is 0.563. The van der Waals surface area contributed by atoms with Crippen molar-refractivity contribution in [3.05, 3.63) is 21.0 Å². The third-order valence-corrected chi connectivity index (χ3v) is 4.38. The van der Waals surface area contributed by atoms with Crippen LogP contribution in [0.1, 0.15) is 32.1 Å². The van der Waals surface area contributed by atoms with Crippen molar-refractivity contribution in [3.63, 3.8) is 0 Å². The molecule has 1 fully saturated rings. The standard InChI is InChI=1S/C14H18BrN3O2/c1-2-8-18-13(19)12(15)11(9-17-18)16-10-14(20)6-4-3-5-7-14/h1,9,16,20H,3-8,10H2. The van der Waals surface area contributed by atoms with Gasteiger partial charge in [0.2, 0.25) is 0 Å². The van der Waals surface area contributed by atoms with Gasteiger partial charge in [0.1, 0.15) is 11.0 Å². The van der Waals surface area contributed by atoms with Gasteiger partial charge in [0.25, 0.3) is 5.56 Å². The molecule has 1 aliphatic carbocycles. The van der Waals surface area contributed by atoms with Gasteiger partial charge < -0.3 is 10.4 Å². The molecule has 1 aromatic heterocycles. The summed E-state index contributed by atoms with van der Waals surface area (Å²) >= 11 is 3.26. The maximum atomic E-state index is 12.0. The van der Waals surface area contributed by atoms with Gasteiger partial charge in [-0.2, -0.15) is 5.10 Å². The second-order valence-electron chi connectivity index (χ2n) is 5.18. The highest BCUT2D eigenvalue weighted by Crippen LogP contribution is 2.28. The summed E-state index contributed by atoms with van der Waals surface area (Å²) in [6.07, 6.45) is 11.6. The molecule has 0 aliphatic heterocycles. The van der Waals surface area contributed by atoms with Crippen molar-refractivity contribution in [2.24, 2.45) is 0 Å². The smallest absolute Gasteiger partial charge is 0.284 e. The van der Waals surface area contributed by atoms with Crippen molar-refractivity contribution in [2.75, 3.05) is 11.9 Å². The molecule has 2 N–H and O–H groups in total. The van der Waals surface area contributed by atoms with E-state index >= 15 is 0 Å². The Hall–Kier alpha value is -1.32. The third kappa shape index (κ3) is 3.41. The SMILES string of the molecule is C#CCn1ncc(NCC2(O)CCCCC2)c(Br)c1=O. The van der Waals surface area contributed by atoms with Gasteiger partial charge in [-0.1, -0.05) is 25.2 Å². The van der Waals surface area contributed by atoms with E-state index in [-0.39, 0.29) is 12.1 Å². The molecule has 6 heteroatoms. The summed E-state index contributed by atoms with van der Waals surface area (Å²) in [5.74, 6) is 2.38. The van der Waals surface area contributed by atoms with E-state index in [0.29, 0.717) is 16.7 Å². The number of terminal acetylenes is 1. The molecule has 1 saturated carbocycles. The van der Waals surface area contributed by atoms with Crippen LogP contribution in [0.3, 0.4) is 0 Å². The maximum Gasteiger partial charge on any atom is 0.284 e.